The van der Waals surface area contributed by atoms with Crippen molar-refractivity contribution >= 4 is 16.5 Å². The summed E-state index contributed by atoms with van der Waals surface area (Å²) in [6.45, 7) is 0. The van der Waals surface area contributed by atoms with E-state index in [-0.39, 0.29) is 0 Å². The second kappa shape index (κ2) is 4.94. The van der Waals surface area contributed by atoms with E-state index in [0.717, 1.165) is 16.5 Å². The number of rotatable bonds is 2. The Balaban J connectivity index is 2.12. The lowest BCUT2D eigenvalue weighted by Gasteiger charge is -2.06. The van der Waals surface area contributed by atoms with Gasteiger partial charge in [-0.1, -0.05) is 71.9 Å². The Bertz CT molecular complexity index is 732. The molecule has 0 aliphatic rings. The second-order valence-corrected chi connectivity index (χ2v) is 4.38. The van der Waals surface area contributed by atoms with Crippen LogP contribution in [0.5, 0.6) is 0 Å². The van der Waals surface area contributed by atoms with E-state index in [2.05, 4.69) is 17.3 Å². The summed E-state index contributed by atoms with van der Waals surface area (Å²) in [6, 6.07) is 23.9. The maximum absolute atomic E-state index is 9.29. The molecule has 0 radical (unpaired) electrons. The molecular weight excluding hydrogens is 234 g/mol. The maximum atomic E-state index is 9.29. The van der Waals surface area contributed by atoms with Crippen molar-refractivity contribution in [2.75, 3.05) is 0 Å². The molecule has 0 aliphatic heterocycles. The topological polar surface area (TPSA) is 32.6 Å². The lowest BCUT2D eigenvalue weighted by atomic mass is 9.99. The molecule has 3 aromatic rings. The van der Waals surface area contributed by atoms with Crippen LogP contribution >= 0.6 is 0 Å². The average Bonchev–Trinajstić information content (AvgIpc) is 2.49. The molecule has 3 aromatic carbocycles. The van der Waals surface area contributed by atoms with Gasteiger partial charge in [-0.25, -0.2) is 0 Å². The van der Waals surface area contributed by atoms with Gasteiger partial charge in [0, 0.05) is 11.1 Å². The standard InChI is InChI=1S/C17H13NO/c19-18-17(14-7-2-1-3-8-14)16-11-10-13-6-4-5-9-15(13)12-16/h1-12,19H. The Kier molecular flexibility index (Phi) is 2.99. The van der Waals surface area contributed by atoms with Crippen LogP contribution in [0.25, 0.3) is 10.8 Å². The highest BCUT2D eigenvalue weighted by Crippen LogP contribution is 2.18. The average molecular weight is 247 g/mol. The fraction of sp³-hybridized carbons (Fsp3) is 0. The van der Waals surface area contributed by atoms with Gasteiger partial charge in [0.15, 0.2) is 0 Å². The molecule has 0 atom stereocenters. The van der Waals surface area contributed by atoms with Gasteiger partial charge in [-0.2, -0.15) is 0 Å². The minimum atomic E-state index is 0.589. The summed E-state index contributed by atoms with van der Waals surface area (Å²) in [5, 5.41) is 15.1. The molecule has 0 bridgehead atoms. The zero-order valence-electron chi connectivity index (χ0n) is 10.3. The van der Waals surface area contributed by atoms with Gasteiger partial charge in [0.25, 0.3) is 0 Å². The van der Waals surface area contributed by atoms with Crippen molar-refractivity contribution in [2.24, 2.45) is 5.16 Å². The summed E-state index contributed by atoms with van der Waals surface area (Å²) in [4.78, 5) is 0. The first-order valence-corrected chi connectivity index (χ1v) is 6.15. The van der Waals surface area contributed by atoms with Crippen molar-refractivity contribution in [3.63, 3.8) is 0 Å². The summed E-state index contributed by atoms with van der Waals surface area (Å²) in [5.74, 6) is 0. The summed E-state index contributed by atoms with van der Waals surface area (Å²) in [6.07, 6.45) is 0. The number of nitrogens with zero attached hydrogens (tertiary/aromatic N) is 1. The summed E-state index contributed by atoms with van der Waals surface area (Å²) in [5.41, 5.74) is 2.40. The van der Waals surface area contributed by atoms with E-state index >= 15 is 0 Å². The van der Waals surface area contributed by atoms with E-state index in [0.29, 0.717) is 5.71 Å². The SMILES string of the molecule is ON=C(c1ccccc1)c1ccc2ccccc2c1. The number of benzene rings is 3. The molecule has 3 rings (SSSR count). The number of fused-ring (bicyclic) bond motifs is 1. The molecule has 1 N–H and O–H groups in total. The smallest absolute Gasteiger partial charge is 0.117 e. The number of oxime groups is 1. The molecule has 0 fully saturated rings. The summed E-state index contributed by atoms with van der Waals surface area (Å²) < 4.78 is 0. The Morgan fingerprint density at radius 2 is 1.37 bits per heavy atom. The van der Waals surface area contributed by atoms with Crippen molar-refractivity contribution < 1.29 is 5.21 Å². The first-order valence-electron chi connectivity index (χ1n) is 6.15. The zero-order chi connectivity index (χ0) is 13.1. The number of hydrogen-bond acceptors (Lipinski definition) is 2. The Morgan fingerprint density at radius 3 is 2.11 bits per heavy atom. The quantitative estimate of drug-likeness (QED) is 0.413. The van der Waals surface area contributed by atoms with E-state index in [1.54, 1.807) is 0 Å². The van der Waals surface area contributed by atoms with Crippen LogP contribution in [0.1, 0.15) is 11.1 Å². The third-order valence-electron chi connectivity index (χ3n) is 3.17. The molecule has 0 saturated heterocycles. The normalized spacial score (nSPS) is 11.7. The van der Waals surface area contributed by atoms with Crippen LogP contribution in [0, 0.1) is 0 Å². The van der Waals surface area contributed by atoms with Crippen molar-refractivity contribution in [3.8, 4) is 0 Å². The van der Waals surface area contributed by atoms with Crippen LogP contribution in [0.15, 0.2) is 78.0 Å². The van der Waals surface area contributed by atoms with Gasteiger partial charge < -0.3 is 5.21 Å². The van der Waals surface area contributed by atoms with E-state index < -0.39 is 0 Å². The second-order valence-electron chi connectivity index (χ2n) is 4.38. The third-order valence-corrected chi connectivity index (χ3v) is 3.17. The highest BCUT2D eigenvalue weighted by atomic mass is 16.4. The Labute approximate surface area is 111 Å². The zero-order valence-corrected chi connectivity index (χ0v) is 10.3. The first kappa shape index (κ1) is 11.5. The minimum Gasteiger partial charge on any atom is -0.410 e. The molecule has 0 heterocycles. The van der Waals surface area contributed by atoms with E-state index in [9.17, 15) is 5.21 Å². The molecule has 0 amide bonds. The van der Waals surface area contributed by atoms with Gasteiger partial charge in [-0.3, -0.25) is 0 Å². The van der Waals surface area contributed by atoms with Crippen LogP contribution < -0.4 is 0 Å². The Hall–Kier alpha value is -2.61. The van der Waals surface area contributed by atoms with Gasteiger partial charge >= 0.3 is 0 Å². The van der Waals surface area contributed by atoms with Crippen LogP contribution in [0.4, 0.5) is 0 Å². The van der Waals surface area contributed by atoms with Gasteiger partial charge in [-0.15, -0.1) is 0 Å². The fourth-order valence-corrected chi connectivity index (χ4v) is 2.21. The molecule has 19 heavy (non-hydrogen) atoms. The molecule has 0 spiro atoms. The molecule has 2 nitrogen and oxygen atoms in total. The van der Waals surface area contributed by atoms with E-state index in [1.807, 2.05) is 60.7 Å². The van der Waals surface area contributed by atoms with Crippen LogP contribution in [0.3, 0.4) is 0 Å². The molecule has 0 saturated carbocycles. The molecule has 0 unspecified atom stereocenters. The maximum Gasteiger partial charge on any atom is 0.117 e. The summed E-state index contributed by atoms with van der Waals surface area (Å²) in [7, 11) is 0. The van der Waals surface area contributed by atoms with Gasteiger partial charge in [0.1, 0.15) is 5.71 Å². The van der Waals surface area contributed by atoms with Crippen LogP contribution in [-0.2, 0) is 0 Å². The molecule has 92 valence electrons. The molecule has 0 aliphatic carbocycles. The monoisotopic (exact) mass is 247 g/mol. The highest BCUT2D eigenvalue weighted by Gasteiger charge is 2.07. The van der Waals surface area contributed by atoms with Gasteiger partial charge in [-0.05, 0) is 16.8 Å². The van der Waals surface area contributed by atoms with Crippen molar-refractivity contribution in [2.45, 2.75) is 0 Å². The van der Waals surface area contributed by atoms with E-state index in [4.69, 9.17) is 0 Å². The van der Waals surface area contributed by atoms with E-state index in [1.165, 1.54) is 5.39 Å². The van der Waals surface area contributed by atoms with Crippen molar-refractivity contribution in [3.05, 3.63) is 83.9 Å². The molecule has 2 heteroatoms. The third kappa shape index (κ3) is 2.20. The minimum absolute atomic E-state index is 0.589. The predicted molar refractivity (Wildman–Crippen MR) is 77.8 cm³/mol. The largest absolute Gasteiger partial charge is 0.410 e. The summed E-state index contributed by atoms with van der Waals surface area (Å²) >= 11 is 0. The van der Waals surface area contributed by atoms with Crippen molar-refractivity contribution in [1.82, 2.24) is 0 Å². The fourth-order valence-electron chi connectivity index (χ4n) is 2.21. The molecule has 0 aromatic heterocycles. The van der Waals surface area contributed by atoms with Gasteiger partial charge in [0.05, 0.1) is 0 Å². The van der Waals surface area contributed by atoms with Gasteiger partial charge in [0.2, 0.25) is 0 Å². The predicted octanol–water partition coefficient (Wildman–Crippen LogP) is 4.07. The number of hydrogen-bond donors (Lipinski definition) is 1. The molecular formula is C17H13NO. The lowest BCUT2D eigenvalue weighted by Crippen LogP contribution is -2.02. The lowest BCUT2D eigenvalue weighted by molar-refractivity contribution is 0.319. The van der Waals surface area contributed by atoms with Crippen molar-refractivity contribution in [1.29, 1.82) is 0 Å². The Morgan fingerprint density at radius 1 is 0.684 bits per heavy atom. The first-order chi connectivity index (χ1) is 9.38. The van der Waals surface area contributed by atoms with Crippen LogP contribution in [0.2, 0.25) is 0 Å². The van der Waals surface area contributed by atoms with Crippen LogP contribution in [-0.4, -0.2) is 10.9 Å². The highest BCUT2D eigenvalue weighted by molar-refractivity contribution is 6.13.